The third-order valence-corrected chi connectivity index (χ3v) is 2.65. The number of hydrogen-bond acceptors (Lipinski definition) is 2. The molecule has 0 unspecified atom stereocenters. The number of benzene rings is 1. The molecule has 0 aliphatic heterocycles. The summed E-state index contributed by atoms with van der Waals surface area (Å²) < 4.78 is 0. The summed E-state index contributed by atoms with van der Waals surface area (Å²) in [5.74, 6) is 0.0380. The van der Waals surface area contributed by atoms with Crippen LogP contribution < -0.4 is 0 Å². The predicted molar refractivity (Wildman–Crippen MR) is 68.1 cm³/mol. The fourth-order valence-electron chi connectivity index (χ4n) is 1.82. The van der Waals surface area contributed by atoms with Crippen molar-refractivity contribution in [2.75, 3.05) is 0 Å². The molecule has 0 fully saturated rings. The van der Waals surface area contributed by atoms with Crippen molar-refractivity contribution in [3.63, 3.8) is 0 Å². The van der Waals surface area contributed by atoms with E-state index in [1.54, 1.807) is 24.5 Å². The van der Waals surface area contributed by atoms with E-state index in [1.807, 2.05) is 18.2 Å². The van der Waals surface area contributed by atoms with Gasteiger partial charge in [-0.05, 0) is 30.2 Å². The van der Waals surface area contributed by atoms with Gasteiger partial charge in [-0.25, -0.2) is 0 Å². The second kappa shape index (κ2) is 5.39. The molecule has 0 bridgehead atoms. The lowest BCUT2D eigenvalue weighted by atomic mass is 10.0. The Kier molecular flexibility index (Phi) is 3.66. The largest absolute Gasteiger partial charge is 0.289 e. The Hall–Kier alpha value is -1.96. The summed E-state index contributed by atoms with van der Waals surface area (Å²) in [5.41, 5.74) is 2.59. The molecule has 0 N–H and O–H groups in total. The maximum atomic E-state index is 12.2. The predicted octanol–water partition coefficient (Wildman–Crippen LogP) is 3.27. The van der Waals surface area contributed by atoms with Crippen LogP contribution >= 0.6 is 0 Å². The molecule has 1 aromatic carbocycles. The van der Waals surface area contributed by atoms with Crippen LogP contribution in [0.3, 0.4) is 0 Å². The van der Waals surface area contributed by atoms with Crippen molar-refractivity contribution in [1.82, 2.24) is 4.98 Å². The van der Waals surface area contributed by atoms with Crippen molar-refractivity contribution >= 4 is 5.78 Å². The first-order valence-electron chi connectivity index (χ1n) is 5.85. The van der Waals surface area contributed by atoms with E-state index in [4.69, 9.17) is 0 Å². The van der Waals surface area contributed by atoms with Gasteiger partial charge in [-0.15, -0.1) is 0 Å². The van der Waals surface area contributed by atoms with Gasteiger partial charge in [0, 0.05) is 23.5 Å². The molecule has 2 heteroatoms. The third kappa shape index (κ3) is 2.78. The van der Waals surface area contributed by atoms with E-state index in [2.05, 4.69) is 18.0 Å². The minimum atomic E-state index is 0.0380. The number of aromatic nitrogens is 1. The average Bonchev–Trinajstić information content (AvgIpc) is 2.40. The minimum Gasteiger partial charge on any atom is -0.289 e. The van der Waals surface area contributed by atoms with Crippen LogP contribution in [0.5, 0.6) is 0 Å². The molecule has 0 saturated carbocycles. The van der Waals surface area contributed by atoms with Crippen LogP contribution in [-0.4, -0.2) is 10.8 Å². The zero-order valence-electron chi connectivity index (χ0n) is 9.89. The highest BCUT2D eigenvalue weighted by atomic mass is 16.1. The molecule has 2 rings (SSSR count). The van der Waals surface area contributed by atoms with Gasteiger partial charge in [0.2, 0.25) is 0 Å². The van der Waals surface area contributed by atoms with Crippen molar-refractivity contribution in [2.45, 2.75) is 19.8 Å². The molecule has 2 nitrogen and oxygen atoms in total. The number of ketones is 1. The number of nitrogens with zero attached hydrogens (tertiary/aromatic N) is 1. The molecule has 0 saturated heterocycles. The van der Waals surface area contributed by atoms with E-state index in [9.17, 15) is 4.79 Å². The van der Waals surface area contributed by atoms with Crippen LogP contribution in [0.4, 0.5) is 0 Å². The Morgan fingerprint density at radius 2 is 2.00 bits per heavy atom. The van der Waals surface area contributed by atoms with Gasteiger partial charge in [0.15, 0.2) is 5.78 Å². The van der Waals surface area contributed by atoms with Crippen molar-refractivity contribution in [1.29, 1.82) is 0 Å². The summed E-state index contributed by atoms with van der Waals surface area (Å²) in [7, 11) is 0. The lowest BCUT2D eigenvalue weighted by Crippen LogP contribution is -2.02. The highest BCUT2D eigenvalue weighted by Gasteiger charge is 2.08. The zero-order valence-corrected chi connectivity index (χ0v) is 9.89. The quantitative estimate of drug-likeness (QED) is 0.747. The Labute approximate surface area is 101 Å². The molecular formula is C15H15NO. The standard InChI is InChI=1S/C15H15NO/c1-2-5-12-6-3-7-13(10-12)15(17)14-8-4-9-16-11-14/h3-4,6-11H,2,5H2,1H3. The number of rotatable bonds is 4. The molecule has 1 heterocycles. The molecule has 0 amide bonds. The Bertz CT molecular complexity index is 505. The van der Waals surface area contributed by atoms with E-state index < -0.39 is 0 Å². The van der Waals surface area contributed by atoms with Gasteiger partial charge >= 0.3 is 0 Å². The second-order valence-corrected chi connectivity index (χ2v) is 4.02. The number of aryl methyl sites for hydroxylation is 1. The molecular weight excluding hydrogens is 210 g/mol. The lowest BCUT2D eigenvalue weighted by Gasteiger charge is -2.03. The van der Waals surface area contributed by atoms with Gasteiger partial charge in [-0.3, -0.25) is 9.78 Å². The Morgan fingerprint density at radius 1 is 1.18 bits per heavy atom. The van der Waals surface area contributed by atoms with Crippen LogP contribution in [0.2, 0.25) is 0 Å². The number of hydrogen-bond donors (Lipinski definition) is 0. The van der Waals surface area contributed by atoms with Crippen LogP contribution in [0.1, 0.15) is 34.8 Å². The molecule has 86 valence electrons. The smallest absolute Gasteiger partial charge is 0.194 e. The average molecular weight is 225 g/mol. The zero-order chi connectivity index (χ0) is 12.1. The molecule has 1 aromatic heterocycles. The second-order valence-electron chi connectivity index (χ2n) is 4.02. The number of carbonyl (C=O) groups is 1. The van der Waals surface area contributed by atoms with Crippen molar-refractivity contribution in [2.24, 2.45) is 0 Å². The van der Waals surface area contributed by atoms with E-state index in [0.717, 1.165) is 18.4 Å². The fraction of sp³-hybridized carbons (Fsp3) is 0.200. The summed E-state index contributed by atoms with van der Waals surface area (Å²) in [5, 5.41) is 0. The molecule has 0 spiro atoms. The summed E-state index contributed by atoms with van der Waals surface area (Å²) in [6, 6.07) is 11.4. The topological polar surface area (TPSA) is 30.0 Å². The molecule has 0 atom stereocenters. The fourth-order valence-corrected chi connectivity index (χ4v) is 1.82. The van der Waals surface area contributed by atoms with Crippen molar-refractivity contribution in [3.05, 3.63) is 65.5 Å². The maximum absolute atomic E-state index is 12.2. The van der Waals surface area contributed by atoms with Gasteiger partial charge in [-0.1, -0.05) is 31.5 Å². The molecule has 2 aromatic rings. The summed E-state index contributed by atoms with van der Waals surface area (Å²) >= 11 is 0. The van der Waals surface area contributed by atoms with Gasteiger partial charge in [0.05, 0.1) is 0 Å². The van der Waals surface area contributed by atoms with E-state index in [0.29, 0.717) is 5.56 Å². The maximum Gasteiger partial charge on any atom is 0.194 e. The van der Waals surface area contributed by atoms with Gasteiger partial charge in [0.25, 0.3) is 0 Å². The summed E-state index contributed by atoms with van der Waals surface area (Å²) in [4.78, 5) is 16.1. The van der Waals surface area contributed by atoms with Crippen molar-refractivity contribution in [3.8, 4) is 0 Å². The van der Waals surface area contributed by atoms with Crippen LogP contribution in [0, 0.1) is 0 Å². The summed E-state index contributed by atoms with van der Waals surface area (Å²) in [6.45, 7) is 2.13. The molecule has 0 aliphatic carbocycles. The minimum absolute atomic E-state index is 0.0380. The first-order chi connectivity index (χ1) is 8.31. The Balaban J connectivity index is 2.28. The first-order valence-corrected chi connectivity index (χ1v) is 5.85. The normalized spacial score (nSPS) is 10.2. The molecule has 0 aliphatic rings. The van der Waals surface area contributed by atoms with Crippen LogP contribution in [-0.2, 0) is 6.42 Å². The van der Waals surface area contributed by atoms with Crippen LogP contribution in [0.25, 0.3) is 0 Å². The highest BCUT2D eigenvalue weighted by Crippen LogP contribution is 2.12. The monoisotopic (exact) mass is 225 g/mol. The van der Waals surface area contributed by atoms with Crippen LogP contribution in [0.15, 0.2) is 48.8 Å². The SMILES string of the molecule is CCCc1cccc(C(=O)c2cccnc2)c1. The Morgan fingerprint density at radius 3 is 2.71 bits per heavy atom. The molecule has 0 radical (unpaired) electrons. The highest BCUT2D eigenvalue weighted by molar-refractivity contribution is 6.08. The number of carbonyl (C=O) groups excluding carboxylic acids is 1. The summed E-state index contributed by atoms with van der Waals surface area (Å²) in [6.07, 6.45) is 5.37. The van der Waals surface area contributed by atoms with E-state index in [-0.39, 0.29) is 5.78 Å². The number of pyridine rings is 1. The molecule has 17 heavy (non-hydrogen) atoms. The van der Waals surface area contributed by atoms with Gasteiger partial charge in [-0.2, -0.15) is 0 Å². The van der Waals surface area contributed by atoms with Gasteiger partial charge < -0.3 is 0 Å². The van der Waals surface area contributed by atoms with E-state index >= 15 is 0 Å². The van der Waals surface area contributed by atoms with Crippen molar-refractivity contribution < 1.29 is 4.79 Å². The van der Waals surface area contributed by atoms with E-state index in [1.165, 1.54) is 5.56 Å². The first kappa shape index (κ1) is 11.5. The third-order valence-electron chi connectivity index (χ3n) is 2.65. The van der Waals surface area contributed by atoms with Gasteiger partial charge in [0.1, 0.15) is 0 Å². The lowest BCUT2D eigenvalue weighted by molar-refractivity contribution is 0.103.